The summed E-state index contributed by atoms with van der Waals surface area (Å²) < 4.78 is 0. The fourth-order valence-corrected chi connectivity index (χ4v) is 2.51. The Morgan fingerprint density at radius 3 is 2.27 bits per heavy atom. The van der Waals surface area contributed by atoms with Crippen molar-refractivity contribution in [3.05, 3.63) is 59.9 Å². The van der Waals surface area contributed by atoms with E-state index in [1.807, 2.05) is 18.2 Å². The van der Waals surface area contributed by atoms with Crippen molar-refractivity contribution in [2.75, 3.05) is 5.73 Å². The second-order valence-corrected chi connectivity index (χ2v) is 4.80. The van der Waals surface area contributed by atoms with Crippen molar-refractivity contribution < 1.29 is 0 Å². The molecule has 2 aromatic carbocycles. The summed E-state index contributed by atoms with van der Waals surface area (Å²) in [6.07, 6.45) is 3.46. The van der Waals surface area contributed by atoms with Gasteiger partial charge in [0.1, 0.15) is 0 Å². The van der Waals surface area contributed by atoms with Gasteiger partial charge in [0.05, 0.1) is 0 Å². The van der Waals surface area contributed by atoms with E-state index in [2.05, 4.69) is 58.7 Å². The van der Waals surface area contributed by atoms with E-state index in [0.717, 1.165) is 24.1 Å². The zero-order valence-electron chi connectivity index (χ0n) is 13.0. The van der Waals surface area contributed by atoms with Crippen LogP contribution >= 0.6 is 0 Å². The van der Waals surface area contributed by atoms with Gasteiger partial charge in [-0.1, -0.05) is 55.5 Å². The molecule has 0 aliphatic carbocycles. The minimum absolute atomic E-state index is 0.857. The normalized spacial score (nSPS) is 9.91. The molecular weight excluding hydrogens is 274 g/mol. The molecule has 5 heteroatoms. The Morgan fingerprint density at radius 1 is 0.955 bits per heavy atom. The van der Waals surface area contributed by atoms with E-state index in [4.69, 9.17) is 5.73 Å². The van der Waals surface area contributed by atoms with Gasteiger partial charge in [0.25, 0.3) is 0 Å². The van der Waals surface area contributed by atoms with Crippen LogP contribution in [0.15, 0.2) is 48.8 Å². The smallest absolute Gasteiger partial charge is 0.161 e. The Bertz CT molecular complexity index is 675. The number of benzene rings is 2. The van der Waals surface area contributed by atoms with Crippen LogP contribution in [0.2, 0.25) is 0 Å². The average Bonchev–Trinajstić information content (AvgIpc) is 3.14. The van der Waals surface area contributed by atoms with Gasteiger partial charge >= 0.3 is 0 Å². The molecule has 0 aliphatic rings. The van der Waals surface area contributed by atoms with Gasteiger partial charge in [0.15, 0.2) is 6.33 Å². The highest BCUT2D eigenvalue weighted by molar-refractivity contribution is 5.79. The summed E-state index contributed by atoms with van der Waals surface area (Å²) in [5.41, 5.74) is 12.2. The molecule has 3 aromatic rings. The molecule has 0 amide bonds. The molecule has 0 spiro atoms. The number of H-pyrrole nitrogens is 1. The molecule has 0 saturated carbocycles. The van der Waals surface area contributed by atoms with Crippen LogP contribution in [-0.2, 0) is 12.8 Å². The third kappa shape index (κ3) is 3.69. The molecule has 22 heavy (non-hydrogen) atoms. The van der Waals surface area contributed by atoms with Crippen molar-refractivity contribution in [3.63, 3.8) is 0 Å². The topological polar surface area (TPSA) is 80.5 Å². The van der Waals surface area contributed by atoms with Crippen LogP contribution < -0.4 is 5.73 Å². The van der Waals surface area contributed by atoms with E-state index in [-0.39, 0.29) is 0 Å². The zero-order valence-corrected chi connectivity index (χ0v) is 13.0. The SMILES string of the molecule is CCc1cccc(-c2ccccc2N)c1CC.c1nn[nH]n1. The van der Waals surface area contributed by atoms with Crippen molar-refractivity contribution in [2.24, 2.45) is 0 Å². The number of hydrogen-bond acceptors (Lipinski definition) is 4. The summed E-state index contributed by atoms with van der Waals surface area (Å²) in [6, 6.07) is 14.6. The molecular formula is C17H21N5. The van der Waals surface area contributed by atoms with Crippen LogP contribution in [0.4, 0.5) is 5.69 Å². The molecule has 0 aliphatic heterocycles. The predicted molar refractivity (Wildman–Crippen MR) is 89.2 cm³/mol. The highest BCUT2D eigenvalue weighted by Crippen LogP contribution is 2.31. The number of aromatic amines is 1. The van der Waals surface area contributed by atoms with Crippen LogP contribution in [-0.4, -0.2) is 20.6 Å². The molecule has 0 fully saturated rings. The maximum Gasteiger partial charge on any atom is 0.161 e. The predicted octanol–water partition coefficient (Wildman–Crippen LogP) is 3.26. The van der Waals surface area contributed by atoms with Gasteiger partial charge < -0.3 is 5.73 Å². The second-order valence-electron chi connectivity index (χ2n) is 4.80. The molecule has 5 nitrogen and oxygen atoms in total. The quantitative estimate of drug-likeness (QED) is 0.727. The minimum Gasteiger partial charge on any atom is -0.398 e. The van der Waals surface area contributed by atoms with Crippen molar-refractivity contribution >= 4 is 5.69 Å². The molecule has 114 valence electrons. The molecule has 0 unspecified atom stereocenters. The summed E-state index contributed by atoms with van der Waals surface area (Å²) >= 11 is 0. The maximum atomic E-state index is 6.07. The second kappa shape index (κ2) is 7.93. The Kier molecular flexibility index (Phi) is 5.65. The highest BCUT2D eigenvalue weighted by Gasteiger charge is 2.09. The van der Waals surface area contributed by atoms with Gasteiger partial charge in [0, 0.05) is 11.3 Å². The lowest BCUT2D eigenvalue weighted by Crippen LogP contribution is -1.97. The minimum atomic E-state index is 0.857. The summed E-state index contributed by atoms with van der Waals surface area (Å²) in [5.74, 6) is 0. The number of aryl methyl sites for hydroxylation is 1. The number of nitrogens with zero attached hydrogens (tertiary/aromatic N) is 3. The summed E-state index contributed by atoms with van der Waals surface area (Å²) in [7, 11) is 0. The molecule has 1 aromatic heterocycles. The first-order chi connectivity index (χ1) is 10.8. The van der Waals surface area contributed by atoms with E-state index >= 15 is 0 Å². The molecule has 3 rings (SSSR count). The Morgan fingerprint density at radius 2 is 1.73 bits per heavy atom. The van der Waals surface area contributed by atoms with E-state index in [0.29, 0.717) is 0 Å². The first kappa shape index (κ1) is 15.7. The maximum absolute atomic E-state index is 6.07. The van der Waals surface area contributed by atoms with Crippen LogP contribution in [0.5, 0.6) is 0 Å². The number of para-hydroxylation sites is 1. The van der Waals surface area contributed by atoms with Gasteiger partial charge in [-0.15, -0.1) is 10.2 Å². The molecule has 1 heterocycles. The molecule has 0 saturated heterocycles. The third-order valence-corrected chi connectivity index (χ3v) is 3.53. The van der Waals surface area contributed by atoms with Crippen molar-refractivity contribution in [2.45, 2.75) is 26.7 Å². The molecule has 0 radical (unpaired) electrons. The Hall–Kier alpha value is -2.69. The Balaban J connectivity index is 0.000000299. The van der Waals surface area contributed by atoms with Crippen LogP contribution in [0.1, 0.15) is 25.0 Å². The third-order valence-electron chi connectivity index (χ3n) is 3.53. The van der Waals surface area contributed by atoms with Crippen LogP contribution in [0.3, 0.4) is 0 Å². The number of nitrogens with two attached hydrogens (primary N) is 1. The number of tetrazole rings is 1. The Labute approximate surface area is 130 Å². The van der Waals surface area contributed by atoms with Gasteiger partial charge in [-0.25, -0.2) is 0 Å². The van der Waals surface area contributed by atoms with Gasteiger partial charge in [-0.05, 0) is 35.6 Å². The van der Waals surface area contributed by atoms with E-state index in [1.54, 1.807) is 0 Å². The van der Waals surface area contributed by atoms with Crippen molar-refractivity contribution in [1.29, 1.82) is 0 Å². The number of nitrogen functional groups attached to an aromatic ring is 1. The first-order valence-corrected chi connectivity index (χ1v) is 7.39. The van der Waals surface area contributed by atoms with Gasteiger partial charge in [0.2, 0.25) is 0 Å². The van der Waals surface area contributed by atoms with Gasteiger partial charge in [-0.3, -0.25) is 0 Å². The lowest BCUT2D eigenvalue weighted by Gasteiger charge is -2.14. The van der Waals surface area contributed by atoms with E-state index in [1.165, 1.54) is 23.0 Å². The van der Waals surface area contributed by atoms with Crippen LogP contribution in [0.25, 0.3) is 11.1 Å². The largest absolute Gasteiger partial charge is 0.398 e. The average molecular weight is 295 g/mol. The van der Waals surface area contributed by atoms with Crippen molar-refractivity contribution in [3.8, 4) is 11.1 Å². The summed E-state index contributed by atoms with van der Waals surface area (Å²) in [6.45, 7) is 4.41. The van der Waals surface area contributed by atoms with E-state index < -0.39 is 0 Å². The van der Waals surface area contributed by atoms with Crippen molar-refractivity contribution in [1.82, 2.24) is 20.6 Å². The van der Waals surface area contributed by atoms with Crippen LogP contribution in [0, 0.1) is 0 Å². The monoisotopic (exact) mass is 295 g/mol. The van der Waals surface area contributed by atoms with Gasteiger partial charge in [-0.2, -0.15) is 5.21 Å². The highest BCUT2D eigenvalue weighted by atomic mass is 15.5. The number of nitrogens with one attached hydrogen (secondary N) is 1. The molecule has 3 N–H and O–H groups in total. The number of hydrogen-bond donors (Lipinski definition) is 2. The number of rotatable bonds is 3. The first-order valence-electron chi connectivity index (χ1n) is 7.39. The fraction of sp³-hybridized carbons (Fsp3) is 0.235. The summed E-state index contributed by atoms with van der Waals surface area (Å²) in [4.78, 5) is 0. The summed E-state index contributed by atoms with van der Waals surface area (Å²) in [5, 5.41) is 12.2. The van der Waals surface area contributed by atoms with E-state index in [9.17, 15) is 0 Å². The fourth-order valence-electron chi connectivity index (χ4n) is 2.51. The number of anilines is 1. The lowest BCUT2D eigenvalue weighted by molar-refractivity contribution is 0.881. The molecule has 0 bridgehead atoms. The zero-order chi connectivity index (χ0) is 15.8. The lowest BCUT2D eigenvalue weighted by atomic mass is 9.92. The standard InChI is InChI=1S/C16H19N.CH2N4/c1-3-12-8-7-10-14(13(12)4-2)15-9-5-6-11-16(15)17;1-2-4-5-3-1/h5-11H,3-4,17H2,1-2H3;1H,(H,2,3,4,5). The number of aromatic nitrogens is 4. The molecule has 0 atom stereocenters.